The summed E-state index contributed by atoms with van der Waals surface area (Å²) in [6, 6.07) is 9.45. The maximum absolute atomic E-state index is 12.8. The van der Waals surface area contributed by atoms with Crippen molar-refractivity contribution in [2.24, 2.45) is 0 Å². The zero-order chi connectivity index (χ0) is 21.6. The smallest absolute Gasteiger partial charge is 0.321 e. The fourth-order valence-electron chi connectivity index (χ4n) is 5.04. The summed E-state index contributed by atoms with van der Waals surface area (Å²) in [6.45, 7) is 9.09. The Morgan fingerprint density at radius 3 is 2.33 bits per heavy atom. The van der Waals surface area contributed by atoms with Gasteiger partial charge in [-0.1, -0.05) is 46.5 Å². The van der Waals surface area contributed by atoms with Crippen LogP contribution in [0.1, 0.15) is 78.6 Å². The van der Waals surface area contributed by atoms with Gasteiger partial charge in [-0.25, -0.2) is 4.79 Å². The van der Waals surface area contributed by atoms with Crippen LogP contribution in [-0.4, -0.2) is 52.8 Å². The number of anilines is 1. The Labute approximate surface area is 188 Å². The summed E-state index contributed by atoms with van der Waals surface area (Å²) >= 11 is 1.91. The highest BCUT2D eigenvalue weighted by Gasteiger charge is 2.29. The van der Waals surface area contributed by atoms with E-state index in [2.05, 4.69) is 43.1 Å². The van der Waals surface area contributed by atoms with E-state index < -0.39 is 0 Å². The van der Waals surface area contributed by atoms with Crippen LogP contribution in [0.25, 0.3) is 0 Å². The van der Waals surface area contributed by atoms with Crippen LogP contribution in [0.15, 0.2) is 29.2 Å². The van der Waals surface area contributed by atoms with Crippen molar-refractivity contribution in [3.05, 3.63) is 24.3 Å². The van der Waals surface area contributed by atoms with E-state index in [-0.39, 0.29) is 10.8 Å². The third-order valence-electron chi connectivity index (χ3n) is 6.81. The first kappa shape index (κ1) is 23.5. The van der Waals surface area contributed by atoms with Gasteiger partial charge in [-0.05, 0) is 56.4 Å². The third-order valence-corrected chi connectivity index (χ3v) is 8.07. The number of nitrogens with one attached hydrogen (secondary N) is 1. The molecule has 1 aliphatic carbocycles. The zero-order valence-corrected chi connectivity index (χ0v) is 20.3. The van der Waals surface area contributed by atoms with Gasteiger partial charge in [0.1, 0.15) is 0 Å². The molecule has 0 bridgehead atoms. The van der Waals surface area contributed by atoms with E-state index >= 15 is 0 Å². The number of likely N-dealkylation sites (tertiary alicyclic amines) is 1. The van der Waals surface area contributed by atoms with Gasteiger partial charge < -0.3 is 15.1 Å². The summed E-state index contributed by atoms with van der Waals surface area (Å²) in [6.07, 6.45) is 11.5. The maximum Gasteiger partial charge on any atom is 0.321 e. The number of amides is 2. The normalized spacial score (nSPS) is 19.6. The fraction of sp³-hybridized carbons (Fsp3) is 0.720. The molecule has 1 aromatic carbocycles. The average molecular weight is 432 g/mol. The summed E-state index contributed by atoms with van der Waals surface area (Å²) in [4.78, 5) is 18.6. The quantitative estimate of drug-likeness (QED) is 0.493. The number of nitrogens with zero attached hydrogens (tertiary/aromatic N) is 2. The van der Waals surface area contributed by atoms with Crippen LogP contribution in [0.2, 0.25) is 0 Å². The summed E-state index contributed by atoms with van der Waals surface area (Å²) in [5.74, 6) is 0. The monoisotopic (exact) mass is 431 g/mol. The second-order valence-electron chi connectivity index (χ2n) is 9.74. The van der Waals surface area contributed by atoms with Crippen LogP contribution in [0.4, 0.5) is 10.5 Å². The number of thioether (sulfide) groups is 1. The molecule has 1 N–H and O–H groups in total. The molecule has 1 aromatic rings. The first-order chi connectivity index (χ1) is 14.4. The molecule has 1 heterocycles. The van der Waals surface area contributed by atoms with Gasteiger partial charge in [-0.2, -0.15) is 0 Å². The third kappa shape index (κ3) is 6.65. The van der Waals surface area contributed by atoms with Crippen molar-refractivity contribution in [1.29, 1.82) is 0 Å². The highest BCUT2D eigenvalue weighted by Crippen LogP contribution is 2.36. The maximum atomic E-state index is 12.8. The molecule has 0 unspecified atom stereocenters. The minimum atomic E-state index is 0.0119. The molecule has 4 nitrogen and oxygen atoms in total. The molecule has 0 radical (unpaired) electrons. The van der Waals surface area contributed by atoms with Crippen LogP contribution in [0.5, 0.6) is 0 Å². The zero-order valence-electron chi connectivity index (χ0n) is 19.5. The molecule has 168 valence electrons. The lowest BCUT2D eigenvalue weighted by Crippen LogP contribution is -2.49. The number of hydrogen-bond acceptors (Lipinski definition) is 3. The molecule has 2 amide bonds. The molecule has 2 aliphatic rings. The molecular weight excluding hydrogens is 390 g/mol. The number of piperidine rings is 1. The fourth-order valence-corrected chi connectivity index (χ4v) is 6.26. The van der Waals surface area contributed by atoms with E-state index in [1.54, 1.807) is 0 Å². The predicted molar refractivity (Wildman–Crippen MR) is 130 cm³/mol. The van der Waals surface area contributed by atoms with Crippen molar-refractivity contribution in [3.8, 4) is 0 Å². The van der Waals surface area contributed by atoms with Crippen LogP contribution >= 0.6 is 11.8 Å². The van der Waals surface area contributed by atoms with Crippen LogP contribution in [0, 0.1) is 0 Å². The number of urea groups is 1. The molecular formula is C25H41N3OS. The Balaban J connectivity index is 1.46. The van der Waals surface area contributed by atoms with Crippen molar-refractivity contribution in [1.82, 2.24) is 9.80 Å². The Kier molecular flexibility index (Phi) is 8.52. The second-order valence-corrected chi connectivity index (χ2v) is 11.5. The summed E-state index contributed by atoms with van der Waals surface area (Å²) in [7, 11) is 1.95. The van der Waals surface area contributed by atoms with Crippen molar-refractivity contribution >= 4 is 23.5 Å². The Hall–Kier alpha value is -1.20. The highest BCUT2D eigenvalue weighted by molar-refractivity contribution is 8.00. The van der Waals surface area contributed by atoms with Crippen molar-refractivity contribution < 1.29 is 4.79 Å². The minimum Gasteiger partial charge on any atom is -0.325 e. The topological polar surface area (TPSA) is 35.6 Å². The SMILES string of the molecule is CCCC(C)(C)Sc1ccc(NC(=O)N(C)C2CCN(C3CCCCC3)CC2)cc1. The van der Waals surface area contributed by atoms with E-state index in [4.69, 9.17) is 0 Å². The standard InChI is InChI=1S/C25H41N3OS/c1-5-17-25(2,3)30-23-13-11-20(12-14-23)26-24(29)27(4)21-15-18-28(19-16-21)22-9-7-6-8-10-22/h11-14,21-22H,5-10,15-19H2,1-4H3,(H,26,29). The van der Waals surface area contributed by atoms with E-state index in [0.717, 1.165) is 37.7 Å². The summed E-state index contributed by atoms with van der Waals surface area (Å²) < 4.78 is 0.242. The van der Waals surface area contributed by atoms with Crippen LogP contribution in [0.3, 0.4) is 0 Å². The molecule has 5 heteroatoms. The van der Waals surface area contributed by atoms with E-state index in [9.17, 15) is 4.79 Å². The second kappa shape index (κ2) is 10.9. The lowest BCUT2D eigenvalue weighted by Gasteiger charge is -2.41. The van der Waals surface area contributed by atoms with E-state index in [1.165, 1.54) is 49.8 Å². The number of rotatable bonds is 7. The molecule has 0 aromatic heterocycles. The van der Waals surface area contributed by atoms with Gasteiger partial charge in [-0.15, -0.1) is 11.8 Å². The lowest BCUT2D eigenvalue weighted by atomic mass is 9.92. The van der Waals surface area contributed by atoms with Gasteiger partial charge in [0.2, 0.25) is 0 Å². The molecule has 3 rings (SSSR count). The van der Waals surface area contributed by atoms with Crippen molar-refractivity contribution in [2.45, 2.75) is 100 Å². The van der Waals surface area contributed by atoms with Crippen LogP contribution < -0.4 is 5.32 Å². The molecule has 1 saturated heterocycles. The number of hydrogen-bond donors (Lipinski definition) is 1. The van der Waals surface area contributed by atoms with E-state index in [0.29, 0.717) is 6.04 Å². The van der Waals surface area contributed by atoms with Gasteiger partial charge in [0, 0.05) is 47.6 Å². The van der Waals surface area contributed by atoms with Gasteiger partial charge in [0.25, 0.3) is 0 Å². The Morgan fingerprint density at radius 2 is 1.73 bits per heavy atom. The van der Waals surface area contributed by atoms with Crippen LogP contribution in [-0.2, 0) is 0 Å². The van der Waals surface area contributed by atoms with Gasteiger partial charge >= 0.3 is 6.03 Å². The minimum absolute atomic E-state index is 0.0119. The number of carbonyl (C=O) groups excluding carboxylic acids is 1. The molecule has 2 fully saturated rings. The van der Waals surface area contributed by atoms with Crippen molar-refractivity contribution in [2.75, 3.05) is 25.5 Å². The molecule has 0 atom stereocenters. The van der Waals surface area contributed by atoms with Gasteiger partial charge in [0.05, 0.1) is 0 Å². The summed E-state index contributed by atoms with van der Waals surface area (Å²) in [5, 5.41) is 3.09. The van der Waals surface area contributed by atoms with E-state index in [1.807, 2.05) is 35.8 Å². The molecule has 0 spiro atoms. The van der Waals surface area contributed by atoms with Crippen molar-refractivity contribution in [3.63, 3.8) is 0 Å². The summed E-state index contributed by atoms with van der Waals surface area (Å²) in [5.41, 5.74) is 0.879. The predicted octanol–water partition coefficient (Wildman–Crippen LogP) is 6.62. The molecule has 30 heavy (non-hydrogen) atoms. The lowest BCUT2D eigenvalue weighted by molar-refractivity contribution is 0.0919. The molecule has 1 saturated carbocycles. The Morgan fingerprint density at radius 1 is 1.10 bits per heavy atom. The van der Waals surface area contributed by atoms with Gasteiger partial charge in [-0.3, -0.25) is 0 Å². The number of carbonyl (C=O) groups is 1. The molecule has 1 aliphatic heterocycles. The first-order valence-corrected chi connectivity index (χ1v) is 12.8. The first-order valence-electron chi connectivity index (χ1n) is 11.9. The Bertz CT molecular complexity index is 661. The number of benzene rings is 1. The average Bonchev–Trinajstić information content (AvgIpc) is 2.75. The highest BCUT2D eigenvalue weighted by atomic mass is 32.2. The largest absolute Gasteiger partial charge is 0.325 e. The van der Waals surface area contributed by atoms with Gasteiger partial charge in [0.15, 0.2) is 0 Å².